The van der Waals surface area contributed by atoms with Crippen LogP contribution in [-0.2, 0) is 11.2 Å². The Balaban J connectivity index is 2.07. The van der Waals surface area contributed by atoms with Gasteiger partial charge in [0.05, 0.1) is 15.8 Å². The van der Waals surface area contributed by atoms with E-state index in [2.05, 4.69) is 4.98 Å². The van der Waals surface area contributed by atoms with Crippen LogP contribution in [0.15, 0.2) is 58.1 Å². The largest absolute Gasteiger partial charge is 0.480 e. The molecule has 0 aliphatic carbocycles. The Hall–Kier alpha value is -3.75. The summed E-state index contributed by atoms with van der Waals surface area (Å²) in [5.74, 6) is -1.36. The minimum absolute atomic E-state index is 0.138. The molecule has 132 valence electrons. The van der Waals surface area contributed by atoms with Gasteiger partial charge in [0.15, 0.2) is 0 Å². The van der Waals surface area contributed by atoms with Gasteiger partial charge in [0, 0.05) is 18.6 Å². The number of rotatable bonds is 5. The third-order valence-electron chi connectivity index (χ3n) is 4.01. The lowest BCUT2D eigenvalue weighted by Crippen LogP contribution is -2.41. The Labute approximate surface area is 145 Å². The minimum Gasteiger partial charge on any atom is -0.480 e. The molecule has 26 heavy (non-hydrogen) atoms. The van der Waals surface area contributed by atoms with E-state index in [1.807, 2.05) is 0 Å². The van der Waals surface area contributed by atoms with Crippen molar-refractivity contribution >= 4 is 22.6 Å². The summed E-state index contributed by atoms with van der Waals surface area (Å²) in [7, 11) is 0. The van der Waals surface area contributed by atoms with E-state index in [9.17, 15) is 29.6 Å². The van der Waals surface area contributed by atoms with Crippen LogP contribution < -0.4 is 11.2 Å². The van der Waals surface area contributed by atoms with Crippen LogP contribution in [0.3, 0.4) is 0 Å². The lowest BCUT2D eigenvalue weighted by Gasteiger charge is -2.15. The van der Waals surface area contributed by atoms with E-state index in [4.69, 9.17) is 0 Å². The number of hydrogen-bond donors (Lipinski definition) is 2. The molecule has 1 aromatic heterocycles. The van der Waals surface area contributed by atoms with Gasteiger partial charge in [0.1, 0.15) is 6.04 Å². The molecule has 0 saturated carbocycles. The Morgan fingerprint density at radius 3 is 2.42 bits per heavy atom. The SMILES string of the molecule is O=C(O)C(Cc1ccc([N+](=O)[O-])cc1)n1c(=O)[nH]c2ccccc2c1=O. The number of aromatic amines is 1. The van der Waals surface area contributed by atoms with Crippen LogP contribution in [0.2, 0.25) is 0 Å². The van der Waals surface area contributed by atoms with Crippen LogP contribution in [0, 0.1) is 10.1 Å². The summed E-state index contributed by atoms with van der Waals surface area (Å²) in [5, 5.41) is 20.4. The molecule has 1 atom stereocenters. The molecule has 2 N–H and O–H groups in total. The number of carbonyl (C=O) groups is 1. The fourth-order valence-electron chi connectivity index (χ4n) is 2.73. The standard InChI is InChI=1S/C17H13N3O6/c21-15-12-3-1-2-4-13(12)18-17(24)19(15)14(16(22)23)9-10-5-7-11(8-6-10)20(25)26/h1-8,14H,9H2,(H,18,24)(H,22,23). The molecule has 0 spiro atoms. The maximum atomic E-state index is 12.6. The molecule has 3 aromatic rings. The highest BCUT2D eigenvalue weighted by molar-refractivity contribution is 5.78. The third-order valence-corrected chi connectivity index (χ3v) is 4.01. The molecule has 0 radical (unpaired) electrons. The zero-order valence-electron chi connectivity index (χ0n) is 13.3. The molecule has 0 amide bonds. The van der Waals surface area contributed by atoms with E-state index in [-0.39, 0.29) is 17.5 Å². The van der Waals surface area contributed by atoms with Crippen molar-refractivity contribution in [3.05, 3.63) is 85.0 Å². The first-order chi connectivity index (χ1) is 12.4. The van der Waals surface area contributed by atoms with Crippen molar-refractivity contribution in [2.45, 2.75) is 12.5 Å². The summed E-state index contributed by atoms with van der Waals surface area (Å²) < 4.78 is 0.659. The summed E-state index contributed by atoms with van der Waals surface area (Å²) in [4.78, 5) is 49.2. The Morgan fingerprint density at radius 1 is 1.15 bits per heavy atom. The molecule has 9 heteroatoms. The number of para-hydroxylation sites is 1. The van der Waals surface area contributed by atoms with Gasteiger partial charge in [-0.1, -0.05) is 24.3 Å². The number of fused-ring (bicyclic) bond motifs is 1. The lowest BCUT2D eigenvalue weighted by atomic mass is 10.1. The molecule has 3 rings (SSSR count). The summed E-state index contributed by atoms with van der Waals surface area (Å²) in [6, 6.07) is 10.1. The summed E-state index contributed by atoms with van der Waals surface area (Å²) in [6.07, 6.45) is -0.172. The van der Waals surface area contributed by atoms with E-state index < -0.39 is 28.2 Å². The van der Waals surface area contributed by atoms with Crippen LogP contribution in [-0.4, -0.2) is 25.6 Å². The smallest absolute Gasteiger partial charge is 0.329 e. The number of non-ortho nitro benzene ring substituents is 1. The van der Waals surface area contributed by atoms with Gasteiger partial charge < -0.3 is 10.1 Å². The first kappa shape index (κ1) is 17.1. The molecule has 0 aliphatic heterocycles. The van der Waals surface area contributed by atoms with E-state index in [1.165, 1.54) is 30.3 Å². The van der Waals surface area contributed by atoms with Crippen LogP contribution in [0.5, 0.6) is 0 Å². The van der Waals surface area contributed by atoms with Gasteiger partial charge in [-0.05, 0) is 17.7 Å². The van der Waals surface area contributed by atoms with E-state index >= 15 is 0 Å². The summed E-state index contributed by atoms with van der Waals surface area (Å²) in [6.45, 7) is 0. The van der Waals surface area contributed by atoms with Gasteiger partial charge in [-0.15, -0.1) is 0 Å². The number of aliphatic carboxylic acids is 1. The number of nitro groups is 1. The summed E-state index contributed by atoms with van der Waals surface area (Å²) >= 11 is 0. The average Bonchev–Trinajstić information content (AvgIpc) is 2.61. The van der Waals surface area contributed by atoms with Gasteiger partial charge in [0.2, 0.25) is 0 Å². The normalized spacial score (nSPS) is 12.0. The monoisotopic (exact) mass is 355 g/mol. The van der Waals surface area contributed by atoms with E-state index in [0.29, 0.717) is 15.6 Å². The third kappa shape index (κ3) is 3.09. The van der Waals surface area contributed by atoms with Crippen molar-refractivity contribution < 1.29 is 14.8 Å². The molecule has 1 unspecified atom stereocenters. The Bertz CT molecular complexity index is 1110. The number of aromatic nitrogens is 2. The highest BCUT2D eigenvalue weighted by Gasteiger charge is 2.25. The van der Waals surface area contributed by atoms with Crippen molar-refractivity contribution in [3.8, 4) is 0 Å². The number of nitro benzene ring substituents is 1. The van der Waals surface area contributed by atoms with Crippen LogP contribution in [0.1, 0.15) is 11.6 Å². The van der Waals surface area contributed by atoms with Gasteiger partial charge in [0.25, 0.3) is 11.2 Å². The zero-order valence-corrected chi connectivity index (χ0v) is 13.3. The molecule has 0 aliphatic rings. The summed E-state index contributed by atoms with van der Waals surface area (Å²) in [5.41, 5.74) is -0.913. The van der Waals surface area contributed by atoms with Crippen LogP contribution in [0.25, 0.3) is 10.9 Å². The topological polar surface area (TPSA) is 135 Å². The maximum Gasteiger partial charge on any atom is 0.329 e. The molecule has 0 saturated heterocycles. The Morgan fingerprint density at radius 2 is 1.81 bits per heavy atom. The molecule has 2 aromatic carbocycles. The molecule has 0 bridgehead atoms. The molecule has 1 heterocycles. The predicted molar refractivity (Wildman–Crippen MR) is 92.3 cm³/mol. The van der Waals surface area contributed by atoms with Crippen molar-refractivity contribution in [1.29, 1.82) is 0 Å². The van der Waals surface area contributed by atoms with Gasteiger partial charge in [-0.2, -0.15) is 0 Å². The molecular weight excluding hydrogens is 342 g/mol. The number of nitrogens with zero attached hydrogens (tertiary/aromatic N) is 2. The second-order valence-electron chi connectivity index (χ2n) is 5.63. The number of hydrogen-bond acceptors (Lipinski definition) is 5. The van der Waals surface area contributed by atoms with Crippen molar-refractivity contribution in [2.75, 3.05) is 0 Å². The average molecular weight is 355 g/mol. The molecule has 9 nitrogen and oxygen atoms in total. The number of benzene rings is 2. The fraction of sp³-hybridized carbons (Fsp3) is 0.118. The highest BCUT2D eigenvalue weighted by atomic mass is 16.6. The van der Waals surface area contributed by atoms with Gasteiger partial charge >= 0.3 is 11.7 Å². The van der Waals surface area contributed by atoms with Crippen molar-refractivity contribution in [3.63, 3.8) is 0 Å². The van der Waals surface area contributed by atoms with Gasteiger partial charge in [-0.3, -0.25) is 14.9 Å². The van der Waals surface area contributed by atoms with E-state index in [0.717, 1.165) is 0 Å². The van der Waals surface area contributed by atoms with Crippen molar-refractivity contribution in [1.82, 2.24) is 9.55 Å². The first-order valence-corrected chi connectivity index (χ1v) is 7.58. The number of nitrogens with one attached hydrogen (secondary N) is 1. The zero-order chi connectivity index (χ0) is 18.8. The maximum absolute atomic E-state index is 12.6. The second kappa shape index (κ2) is 6.63. The number of carboxylic acid groups (broad SMARTS) is 1. The number of carboxylic acids is 1. The number of H-pyrrole nitrogens is 1. The van der Waals surface area contributed by atoms with Gasteiger partial charge in [-0.25, -0.2) is 14.2 Å². The highest BCUT2D eigenvalue weighted by Crippen LogP contribution is 2.17. The van der Waals surface area contributed by atoms with Crippen molar-refractivity contribution in [2.24, 2.45) is 0 Å². The second-order valence-corrected chi connectivity index (χ2v) is 5.63. The molecular formula is C17H13N3O6. The molecule has 0 fully saturated rings. The quantitative estimate of drug-likeness (QED) is 0.525. The first-order valence-electron chi connectivity index (χ1n) is 7.58. The minimum atomic E-state index is -1.45. The van der Waals surface area contributed by atoms with Crippen LogP contribution in [0.4, 0.5) is 5.69 Å². The fourth-order valence-corrected chi connectivity index (χ4v) is 2.73. The van der Waals surface area contributed by atoms with E-state index in [1.54, 1.807) is 18.2 Å². The lowest BCUT2D eigenvalue weighted by molar-refractivity contribution is -0.384. The predicted octanol–water partition coefficient (Wildman–Crippen LogP) is 1.47. The van der Waals surface area contributed by atoms with Crippen LogP contribution >= 0.6 is 0 Å². The Kier molecular flexibility index (Phi) is 4.36.